The summed E-state index contributed by atoms with van der Waals surface area (Å²) in [5, 5.41) is 8.55. The molecule has 0 aromatic carbocycles. The van der Waals surface area contributed by atoms with Gasteiger partial charge in [0.05, 0.1) is 12.7 Å². The lowest BCUT2D eigenvalue weighted by Gasteiger charge is -1.98. The summed E-state index contributed by atoms with van der Waals surface area (Å²) in [5.74, 6) is 0.527. The van der Waals surface area contributed by atoms with Gasteiger partial charge >= 0.3 is 0 Å². The molecule has 1 heterocycles. The lowest BCUT2D eigenvalue weighted by molar-refractivity contribution is 0.411. The molecular formula is C7H6N2OS. The Morgan fingerprint density at radius 2 is 2.36 bits per heavy atom. The minimum atomic E-state index is 0.430. The molecule has 0 fully saturated rings. The molecule has 56 valence electrons. The van der Waals surface area contributed by atoms with Crippen molar-refractivity contribution in [3.05, 3.63) is 22.5 Å². The third kappa shape index (κ3) is 1.38. The quantitative estimate of drug-likeness (QED) is 0.645. The van der Waals surface area contributed by atoms with Crippen molar-refractivity contribution in [3.8, 4) is 11.8 Å². The zero-order valence-corrected chi connectivity index (χ0v) is 6.73. The van der Waals surface area contributed by atoms with Gasteiger partial charge in [-0.2, -0.15) is 5.26 Å². The van der Waals surface area contributed by atoms with Gasteiger partial charge in [0.2, 0.25) is 0 Å². The van der Waals surface area contributed by atoms with E-state index < -0.39 is 0 Å². The highest BCUT2D eigenvalue weighted by Gasteiger charge is 1.98. The molecule has 3 nitrogen and oxygen atoms in total. The van der Waals surface area contributed by atoms with Crippen LogP contribution in [0.15, 0.2) is 12.4 Å². The van der Waals surface area contributed by atoms with Crippen LogP contribution in [0.4, 0.5) is 0 Å². The molecule has 0 amide bonds. The van der Waals surface area contributed by atoms with Gasteiger partial charge in [-0.15, -0.1) is 0 Å². The van der Waals surface area contributed by atoms with E-state index in [-0.39, 0.29) is 0 Å². The maximum absolute atomic E-state index is 8.55. The molecule has 1 aromatic rings. The van der Waals surface area contributed by atoms with Crippen LogP contribution < -0.4 is 4.74 Å². The van der Waals surface area contributed by atoms with Crippen LogP contribution in [0.25, 0.3) is 0 Å². The standard InChI is InChI=1S/C7H6N2OS/c1-10-6-4-9-3-5(2-8)7(6)11/h3-4H,1H3,(H,9,11). The van der Waals surface area contributed by atoms with Crippen molar-refractivity contribution < 1.29 is 4.74 Å². The van der Waals surface area contributed by atoms with E-state index in [1.807, 2.05) is 6.07 Å². The highest BCUT2D eigenvalue weighted by Crippen LogP contribution is 2.13. The van der Waals surface area contributed by atoms with Crippen LogP contribution in [-0.4, -0.2) is 12.1 Å². The zero-order valence-electron chi connectivity index (χ0n) is 5.92. The lowest BCUT2D eigenvalue weighted by Crippen LogP contribution is -1.87. The van der Waals surface area contributed by atoms with Crippen molar-refractivity contribution >= 4 is 12.2 Å². The molecule has 0 bridgehead atoms. The van der Waals surface area contributed by atoms with Gasteiger partial charge in [-0.05, 0) is 0 Å². The molecule has 4 heteroatoms. The first-order valence-corrected chi connectivity index (χ1v) is 3.35. The van der Waals surface area contributed by atoms with Crippen molar-refractivity contribution in [2.45, 2.75) is 0 Å². The van der Waals surface area contributed by atoms with Gasteiger partial charge in [-0.3, -0.25) is 0 Å². The molecule has 0 saturated carbocycles. The summed E-state index contributed by atoms with van der Waals surface area (Å²) in [6.07, 6.45) is 3.16. The van der Waals surface area contributed by atoms with Gasteiger partial charge < -0.3 is 9.72 Å². The van der Waals surface area contributed by atoms with Crippen molar-refractivity contribution in [2.75, 3.05) is 7.11 Å². The van der Waals surface area contributed by atoms with Gasteiger partial charge in [0.15, 0.2) is 5.75 Å². The molecule has 0 unspecified atom stereocenters. The Morgan fingerprint density at radius 1 is 1.64 bits per heavy atom. The van der Waals surface area contributed by atoms with Crippen LogP contribution >= 0.6 is 12.2 Å². The topological polar surface area (TPSA) is 48.8 Å². The molecule has 0 spiro atoms. The fraction of sp³-hybridized carbons (Fsp3) is 0.143. The molecule has 11 heavy (non-hydrogen) atoms. The minimum Gasteiger partial charge on any atom is -0.494 e. The third-order valence-electron chi connectivity index (χ3n) is 1.25. The number of ether oxygens (including phenoxy) is 1. The molecule has 0 aliphatic heterocycles. The predicted octanol–water partition coefficient (Wildman–Crippen LogP) is 1.62. The van der Waals surface area contributed by atoms with Gasteiger partial charge in [-0.25, -0.2) is 0 Å². The SMILES string of the molecule is COc1c[nH]cc(C#N)c1=S. The molecular weight excluding hydrogens is 160 g/mol. The molecule has 1 rings (SSSR count). The second-order valence-corrected chi connectivity index (χ2v) is 2.29. The average Bonchev–Trinajstić information content (AvgIpc) is 2.05. The van der Waals surface area contributed by atoms with Crippen LogP contribution in [0.3, 0.4) is 0 Å². The number of pyridine rings is 1. The van der Waals surface area contributed by atoms with Gasteiger partial charge in [0.25, 0.3) is 0 Å². The first-order valence-electron chi connectivity index (χ1n) is 2.94. The number of nitrogens with zero attached hydrogens (tertiary/aromatic N) is 1. The normalized spacial score (nSPS) is 8.73. The summed E-state index contributed by atoms with van der Waals surface area (Å²) >= 11 is 4.92. The summed E-state index contributed by atoms with van der Waals surface area (Å²) in [7, 11) is 1.51. The number of hydrogen-bond acceptors (Lipinski definition) is 3. The summed E-state index contributed by atoms with van der Waals surface area (Å²) in [5.41, 5.74) is 0.430. The number of aromatic amines is 1. The Kier molecular flexibility index (Phi) is 2.24. The van der Waals surface area contributed by atoms with Crippen molar-refractivity contribution in [3.63, 3.8) is 0 Å². The molecule has 0 saturated heterocycles. The van der Waals surface area contributed by atoms with Crippen molar-refractivity contribution in [1.82, 2.24) is 4.98 Å². The summed E-state index contributed by atoms with van der Waals surface area (Å²) in [6.45, 7) is 0. The van der Waals surface area contributed by atoms with Crippen LogP contribution in [0, 0.1) is 15.8 Å². The Labute approximate surface area is 69.2 Å². The third-order valence-corrected chi connectivity index (χ3v) is 1.67. The minimum absolute atomic E-state index is 0.430. The van der Waals surface area contributed by atoms with Gasteiger partial charge in [0.1, 0.15) is 10.6 Å². The van der Waals surface area contributed by atoms with Crippen LogP contribution in [0.5, 0.6) is 5.75 Å². The van der Waals surface area contributed by atoms with Gasteiger partial charge in [-0.1, -0.05) is 12.2 Å². The number of hydrogen-bond donors (Lipinski definition) is 1. The summed E-state index contributed by atoms with van der Waals surface area (Å²) in [6, 6.07) is 1.95. The smallest absolute Gasteiger partial charge is 0.154 e. The number of H-pyrrole nitrogens is 1. The highest BCUT2D eigenvalue weighted by atomic mass is 32.1. The maximum atomic E-state index is 8.55. The van der Waals surface area contributed by atoms with Crippen LogP contribution in [0.1, 0.15) is 5.56 Å². The molecule has 0 aliphatic rings. The fourth-order valence-corrected chi connectivity index (χ4v) is 0.946. The summed E-state index contributed by atoms with van der Waals surface area (Å²) in [4.78, 5) is 2.76. The van der Waals surface area contributed by atoms with E-state index in [9.17, 15) is 0 Å². The molecule has 1 N–H and O–H groups in total. The van der Waals surface area contributed by atoms with Crippen molar-refractivity contribution in [2.24, 2.45) is 0 Å². The Balaban J connectivity index is 3.36. The Hall–Kier alpha value is -1.34. The molecule has 0 aliphatic carbocycles. The van der Waals surface area contributed by atoms with Crippen LogP contribution in [-0.2, 0) is 0 Å². The van der Waals surface area contributed by atoms with Crippen molar-refractivity contribution in [1.29, 1.82) is 5.26 Å². The number of aromatic nitrogens is 1. The van der Waals surface area contributed by atoms with Gasteiger partial charge in [0, 0.05) is 12.4 Å². The fourth-order valence-electron chi connectivity index (χ4n) is 0.699. The average molecular weight is 166 g/mol. The predicted molar refractivity (Wildman–Crippen MR) is 42.9 cm³/mol. The second-order valence-electron chi connectivity index (χ2n) is 1.88. The maximum Gasteiger partial charge on any atom is 0.154 e. The van der Waals surface area contributed by atoms with E-state index in [2.05, 4.69) is 4.98 Å². The van der Waals surface area contributed by atoms with E-state index in [1.165, 1.54) is 7.11 Å². The number of rotatable bonds is 1. The summed E-state index contributed by atoms with van der Waals surface area (Å²) < 4.78 is 5.35. The highest BCUT2D eigenvalue weighted by molar-refractivity contribution is 7.71. The number of methoxy groups -OCH3 is 1. The van der Waals surface area contributed by atoms with E-state index in [4.69, 9.17) is 22.2 Å². The largest absolute Gasteiger partial charge is 0.494 e. The molecule has 0 radical (unpaired) electrons. The number of nitrogens with one attached hydrogen (secondary N) is 1. The van der Waals surface area contributed by atoms with E-state index in [1.54, 1.807) is 12.4 Å². The van der Waals surface area contributed by atoms with E-state index in [0.29, 0.717) is 15.8 Å². The molecule has 0 atom stereocenters. The Morgan fingerprint density at radius 3 is 2.91 bits per heavy atom. The van der Waals surface area contributed by atoms with Crippen LogP contribution in [0.2, 0.25) is 0 Å². The lowest BCUT2D eigenvalue weighted by atomic mass is 10.3. The first kappa shape index (κ1) is 7.76. The number of nitriles is 1. The second kappa shape index (κ2) is 3.17. The van der Waals surface area contributed by atoms with E-state index in [0.717, 1.165) is 0 Å². The first-order chi connectivity index (χ1) is 5.29. The Bertz CT molecular complexity index is 350. The molecule has 1 aromatic heterocycles. The van der Waals surface area contributed by atoms with E-state index >= 15 is 0 Å². The zero-order chi connectivity index (χ0) is 8.27. The monoisotopic (exact) mass is 166 g/mol.